The molecular weight excluding hydrogens is 204 g/mol. The second kappa shape index (κ2) is 5.64. The fourth-order valence-corrected chi connectivity index (χ4v) is 2.40. The van der Waals surface area contributed by atoms with Crippen LogP contribution >= 0.6 is 0 Å². The number of nitrogens with zero attached hydrogens (tertiary/aromatic N) is 1. The van der Waals surface area contributed by atoms with Gasteiger partial charge in [-0.3, -0.25) is 9.69 Å². The third kappa shape index (κ3) is 3.46. The van der Waals surface area contributed by atoms with Gasteiger partial charge in [0.05, 0.1) is 13.5 Å². The van der Waals surface area contributed by atoms with Gasteiger partial charge in [0.1, 0.15) is 0 Å². The smallest absolute Gasteiger partial charge is 0.306 e. The minimum absolute atomic E-state index is 0.0926. The molecule has 0 aromatic rings. The first kappa shape index (κ1) is 11.9. The highest BCUT2D eigenvalue weighted by molar-refractivity contribution is 5.69. The predicted molar refractivity (Wildman–Crippen MR) is 62.3 cm³/mol. The fraction of sp³-hybridized carbons (Fsp3) is 0.917. The zero-order valence-electron chi connectivity index (χ0n) is 10.1. The molecule has 2 aliphatic rings. The Labute approximate surface area is 97.3 Å². The van der Waals surface area contributed by atoms with Crippen LogP contribution in [0.15, 0.2) is 0 Å². The van der Waals surface area contributed by atoms with Gasteiger partial charge in [0.25, 0.3) is 0 Å². The highest BCUT2D eigenvalue weighted by Crippen LogP contribution is 2.27. The third-order valence-electron chi connectivity index (χ3n) is 3.51. The Bertz CT molecular complexity index is 235. The maximum atomic E-state index is 11.1. The molecule has 92 valence electrons. The van der Waals surface area contributed by atoms with Gasteiger partial charge in [-0.15, -0.1) is 0 Å². The Morgan fingerprint density at radius 1 is 1.44 bits per heavy atom. The monoisotopic (exact) mass is 226 g/mol. The van der Waals surface area contributed by atoms with Gasteiger partial charge >= 0.3 is 5.97 Å². The number of carbonyl (C=O) groups is 1. The summed E-state index contributed by atoms with van der Waals surface area (Å²) in [7, 11) is 1.46. The SMILES string of the molecule is COC(=O)CCN(CC1CCCN1)C1CC1. The van der Waals surface area contributed by atoms with Crippen molar-refractivity contribution in [3.8, 4) is 0 Å². The molecule has 1 heterocycles. The molecule has 0 radical (unpaired) electrons. The van der Waals surface area contributed by atoms with Crippen molar-refractivity contribution in [3.63, 3.8) is 0 Å². The van der Waals surface area contributed by atoms with Gasteiger partial charge in [0, 0.05) is 25.2 Å². The number of hydrogen-bond acceptors (Lipinski definition) is 4. The van der Waals surface area contributed by atoms with E-state index in [2.05, 4.69) is 15.0 Å². The van der Waals surface area contributed by atoms with Crippen LogP contribution < -0.4 is 5.32 Å². The summed E-state index contributed by atoms with van der Waals surface area (Å²) in [6.45, 7) is 3.11. The van der Waals surface area contributed by atoms with Crippen LogP contribution in [0.5, 0.6) is 0 Å². The molecule has 1 atom stereocenters. The average molecular weight is 226 g/mol. The molecular formula is C12H22N2O2. The van der Waals surface area contributed by atoms with Gasteiger partial charge < -0.3 is 10.1 Å². The van der Waals surface area contributed by atoms with Crippen molar-refractivity contribution < 1.29 is 9.53 Å². The second-order valence-electron chi connectivity index (χ2n) is 4.85. The van der Waals surface area contributed by atoms with Gasteiger partial charge in [-0.05, 0) is 32.2 Å². The second-order valence-corrected chi connectivity index (χ2v) is 4.85. The van der Waals surface area contributed by atoms with E-state index >= 15 is 0 Å². The van der Waals surface area contributed by atoms with E-state index in [0.717, 1.165) is 25.7 Å². The highest BCUT2D eigenvalue weighted by atomic mass is 16.5. The summed E-state index contributed by atoms with van der Waals surface area (Å²) in [5, 5.41) is 3.51. The summed E-state index contributed by atoms with van der Waals surface area (Å²) >= 11 is 0. The van der Waals surface area contributed by atoms with E-state index in [0.29, 0.717) is 12.5 Å². The van der Waals surface area contributed by atoms with E-state index in [1.54, 1.807) is 0 Å². The van der Waals surface area contributed by atoms with Gasteiger partial charge in [-0.1, -0.05) is 0 Å². The molecule has 1 aliphatic heterocycles. The standard InChI is InChI=1S/C12H22N2O2/c1-16-12(15)6-8-14(11-4-5-11)9-10-3-2-7-13-10/h10-11,13H,2-9H2,1H3. The zero-order valence-corrected chi connectivity index (χ0v) is 10.1. The lowest BCUT2D eigenvalue weighted by molar-refractivity contribution is -0.141. The number of hydrogen-bond donors (Lipinski definition) is 1. The summed E-state index contributed by atoms with van der Waals surface area (Å²) in [6.07, 6.45) is 5.70. The first-order valence-corrected chi connectivity index (χ1v) is 6.34. The lowest BCUT2D eigenvalue weighted by Crippen LogP contribution is -2.39. The topological polar surface area (TPSA) is 41.6 Å². The first-order chi connectivity index (χ1) is 7.79. The number of nitrogens with one attached hydrogen (secondary N) is 1. The molecule has 2 rings (SSSR count). The Balaban J connectivity index is 1.73. The number of ether oxygens (including phenoxy) is 1. The summed E-state index contributed by atoms with van der Waals surface area (Å²) in [5.41, 5.74) is 0. The minimum atomic E-state index is -0.0926. The quantitative estimate of drug-likeness (QED) is 0.679. The molecule has 0 aromatic heterocycles. The molecule has 16 heavy (non-hydrogen) atoms. The molecule has 0 spiro atoms. The van der Waals surface area contributed by atoms with Crippen molar-refractivity contribution in [1.29, 1.82) is 0 Å². The van der Waals surface area contributed by atoms with Crippen LogP contribution in [0.25, 0.3) is 0 Å². The molecule has 1 saturated carbocycles. The molecule has 1 aliphatic carbocycles. The lowest BCUT2D eigenvalue weighted by Gasteiger charge is -2.25. The van der Waals surface area contributed by atoms with Crippen molar-refractivity contribution in [1.82, 2.24) is 10.2 Å². The Morgan fingerprint density at radius 2 is 2.25 bits per heavy atom. The summed E-state index contributed by atoms with van der Waals surface area (Å²) < 4.78 is 4.69. The van der Waals surface area contributed by atoms with E-state index in [4.69, 9.17) is 0 Å². The Kier molecular flexibility index (Phi) is 4.18. The highest BCUT2D eigenvalue weighted by Gasteiger charge is 2.31. The van der Waals surface area contributed by atoms with E-state index in [9.17, 15) is 4.79 Å². The number of methoxy groups -OCH3 is 1. The first-order valence-electron chi connectivity index (χ1n) is 6.34. The molecule has 2 fully saturated rings. The Hall–Kier alpha value is -0.610. The van der Waals surface area contributed by atoms with Crippen LogP contribution in [0.2, 0.25) is 0 Å². The normalized spacial score (nSPS) is 25.0. The van der Waals surface area contributed by atoms with Gasteiger partial charge in [-0.2, -0.15) is 0 Å². The Morgan fingerprint density at radius 3 is 2.81 bits per heavy atom. The lowest BCUT2D eigenvalue weighted by atomic mass is 10.2. The molecule has 1 N–H and O–H groups in total. The van der Waals surface area contributed by atoms with Gasteiger partial charge in [-0.25, -0.2) is 0 Å². The van der Waals surface area contributed by atoms with Crippen molar-refractivity contribution >= 4 is 5.97 Å². The largest absolute Gasteiger partial charge is 0.469 e. The van der Waals surface area contributed by atoms with E-state index in [1.165, 1.54) is 32.8 Å². The minimum Gasteiger partial charge on any atom is -0.469 e. The zero-order chi connectivity index (χ0) is 11.4. The van der Waals surface area contributed by atoms with Crippen LogP contribution in [0, 0.1) is 0 Å². The summed E-state index contributed by atoms with van der Waals surface area (Å²) in [5.74, 6) is -0.0926. The number of rotatable bonds is 6. The molecule has 0 amide bonds. The van der Waals surface area contributed by atoms with Crippen LogP contribution in [-0.2, 0) is 9.53 Å². The van der Waals surface area contributed by atoms with Crippen LogP contribution in [0.3, 0.4) is 0 Å². The number of esters is 1. The molecule has 1 unspecified atom stereocenters. The van der Waals surface area contributed by atoms with E-state index in [-0.39, 0.29) is 5.97 Å². The molecule has 4 nitrogen and oxygen atoms in total. The van der Waals surface area contributed by atoms with E-state index in [1.807, 2.05) is 0 Å². The van der Waals surface area contributed by atoms with E-state index < -0.39 is 0 Å². The average Bonchev–Trinajstić information content (AvgIpc) is 3.02. The van der Waals surface area contributed by atoms with Crippen molar-refractivity contribution in [3.05, 3.63) is 0 Å². The van der Waals surface area contributed by atoms with Crippen LogP contribution in [-0.4, -0.2) is 49.7 Å². The predicted octanol–water partition coefficient (Wildman–Crippen LogP) is 0.766. The summed E-state index contributed by atoms with van der Waals surface area (Å²) in [6, 6.07) is 1.37. The number of carbonyl (C=O) groups excluding carboxylic acids is 1. The maximum absolute atomic E-state index is 11.1. The van der Waals surface area contributed by atoms with Crippen molar-refractivity contribution in [2.45, 2.75) is 44.2 Å². The van der Waals surface area contributed by atoms with Gasteiger partial charge in [0.15, 0.2) is 0 Å². The van der Waals surface area contributed by atoms with Crippen molar-refractivity contribution in [2.75, 3.05) is 26.7 Å². The van der Waals surface area contributed by atoms with Crippen LogP contribution in [0.4, 0.5) is 0 Å². The maximum Gasteiger partial charge on any atom is 0.306 e. The van der Waals surface area contributed by atoms with Gasteiger partial charge in [0.2, 0.25) is 0 Å². The van der Waals surface area contributed by atoms with Crippen LogP contribution in [0.1, 0.15) is 32.1 Å². The van der Waals surface area contributed by atoms with Crippen molar-refractivity contribution in [2.24, 2.45) is 0 Å². The summed E-state index contributed by atoms with van der Waals surface area (Å²) in [4.78, 5) is 13.6. The molecule has 4 heteroatoms. The molecule has 0 aromatic carbocycles. The third-order valence-corrected chi connectivity index (χ3v) is 3.51. The molecule has 0 bridgehead atoms. The fourth-order valence-electron chi connectivity index (χ4n) is 2.40. The molecule has 1 saturated heterocycles.